The molecule has 1 saturated heterocycles. The Morgan fingerprint density at radius 3 is 2.44 bits per heavy atom. The summed E-state index contributed by atoms with van der Waals surface area (Å²) in [6, 6.07) is 11.6. The number of urea groups is 1. The second-order valence-corrected chi connectivity index (χ2v) is 8.04. The van der Waals surface area contributed by atoms with Crippen molar-refractivity contribution in [3.63, 3.8) is 0 Å². The Labute approximate surface area is 195 Å². The number of rotatable bonds is 4. The zero-order valence-corrected chi connectivity index (χ0v) is 18.3. The van der Waals surface area contributed by atoms with Gasteiger partial charge in [0.15, 0.2) is 23.0 Å². The van der Waals surface area contributed by atoms with Crippen LogP contribution in [-0.2, 0) is 9.59 Å². The number of carbonyl (C=O) groups is 3. The lowest BCUT2D eigenvalue weighted by Crippen LogP contribution is -2.55. The largest absolute Gasteiger partial charge is 0.485 e. The second-order valence-electron chi connectivity index (χ2n) is 8.04. The van der Waals surface area contributed by atoms with Crippen molar-refractivity contribution in [2.24, 2.45) is 0 Å². The van der Waals surface area contributed by atoms with Gasteiger partial charge in [0.25, 0.3) is 5.91 Å². The van der Waals surface area contributed by atoms with Gasteiger partial charge in [0, 0.05) is 37.9 Å². The number of fused-ring (bicyclic) bond motifs is 2. The Hall–Kier alpha value is -3.99. The number of ether oxygens (including phenoxy) is 4. The highest BCUT2D eigenvalue weighted by molar-refractivity contribution is 6.01. The van der Waals surface area contributed by atoms with Crippen molar-refractivity contribution in [2.75, 3.05) is 51.4 Å². The molecule has 0 saturated carbocycles. The summed E-state index contributed by atoms with van der Waals surface area (Å²) in [5.41, 5.74) is 0.484. The molecule has 0 unspecified atom stereocenters. The maximum Gasteiger partial charge on any atom is 0.325 e. The molecule has 3 aliphatic heterocycles. The molecule has 1 atom stereocenters. The summed E-state index contributed by atoms with van der Waals surface area (Å²) in [6.45, 7) is 2.27. The Bertz CT molecular complexity index is 1100. The predicted octanol–water partition coefficient (Wildman–Crippen LogP) is 1.05. The molecule has 1 fully saturated rings. The standard InChI is InChI=1S/C23H24N4O7/c28-21(25-23(30)24-15-5-6-17-19(11-15)33-14-32-17)12-26-7-9-27(10-8-26)22(29)20-13-31-16-3-1-2-4-18(16)34-20/h1-6,11,20H,7-10,12-14H2,(H2,24,25,28,30)/t20-/m1/s1. The number of piperazine rings is 1. The predicted molar refractivity (Wildman–Crippen MR) is 119 cm³/mol. The molecule has 0 aromatic heterocycles. The molecule has 3 heterocycles. The maximum atomic E-state index is 12.8. The summed E-state index contributed by atoms with van der Waals surface area (Å²) in [5.74, 6) is 1.75. The van der Waals surface area contributed by atoms with E-state index in [0.717, 1.165) is 0 Å². The van der Waals surface area contributed by atoms with E-state index in [1.807, 2.05) is 17.0 Å². The van der Waals surface area contributed by atoms with Crippen LogP contribution in [0.5, 0.6) is 23.0 Å². The van der Waals surface area contributed by atoms with Gasteiger partial charge in [0.1, 0.15) is 6.61 Å². The molecule has 3 aliphatic rings. The van der Waals surface area contributed by atoms with Gasteiger partial charge >= 0.3 is 6.03 Å². The van der Waals surface area contributed by atoms with Crippen LogP contribution in [-0.4, -0.2) is 79.9 Å². The summed E-state index contributed by atoms with van der Waals surface area (Å²) in [6.07, 6.45) is -0.690. The fourth-order valence-electron chi connectivity index (χ4n) is 3.98. The molecule has 34 heavy (non-hydrogen) atoms. The molecule has 2 aromatic carbocycles. The van der Waals surface area contributed by atoms with Gasteiger partial charge in [-0.1, -0.05) is 12.1 Å². The summed E-state index contributed by atoms with van der Waals surface area (Å²) >= 11 is 0. The van der Waals surface area contributed by atoms with E-state index in [0.29, 0.717) is 54.9 Å². The van der Waals surface area contributed by atoms with Gasteiger partial charge in [-0.2, -0.15) is 0 Å². The third kappa shape index (κ3) is 4.84. The average molecular weight is 468 g/mol. The lowest BCUT2D eigenvalue weighted by Gasteiger charge is -2.36. The van der Waals surface area contributed by atoms with Crippen LogP contribution >= 0.6 is 0 Å². The Morgan fingerprint density at radius 2 is 1.62 bits per heavy atom. The number of hydrogen-bond donors (Lipinski definition) is 2. The van der Waals surface area contributed by atoms with Crippen LogP contribution < -0.4 is 29.6 Å². The normalized spacial score (nSPS) is 18.8. The molecule has 5 rings (SSSR count). The van der Waals surface area contributed by atoms with Crippen LogP contribution in [0.1, 0.15) is 0 Å². The van der Waals surface area contributed by atoms with Crippen LogP contribution in [0.25, 0.3) is 0 Å². The van der Waals surface area contributed by atoms with E-state index in [1.165, 1.54) is 0 Å². The number of hydrogen-bond acceptors (Lipinski definition) is 8. The first-order chi connectivity index (χ1) is 16.5. The van der Waals surface area contributed by atoms with Crippen molar-refractivity contribution in [3.8, 4) is 23.0 Å². The van der Waals surface area contributed by atoms with Crippen LogP contribution in [0.3, 0.4) is 0 Å². The van der Waals surface area contributed by atoms with Crippen molar-refractivity contribution in [2.45, 2.75) is 6.10 Å². The van der Waals surface area contributed by atoms with E-state index >= 15 is 0 Å². The summed E-state index contributed by atoms with van der Waals surface area (Å²) in [7, 11) is 0. The Morgan fingerprint density at radius 1 is 0.882 bits per heavy atom. The molecule has 2 aromatic rings. The van der Waals surface area contributed by atoms with Crippen LogP contribution in [0.15, 0.2) is 42.5 Å². The van der Waals surface area contributed by atoms with Crippen molar-refractivity contribution < 1.29 is 33.3 Å². The second kappa shape index (κ2) is 9.48. The van der Waals surface area contributed by atoms with Gasteiger partial charge in [-0.3, -0.25) is 19.8 Å². The molecule has 11 heteroatoms. The first-order valence-corrected chi connectivity index (χ1v) is 11.0. The van der Waals surface area contributed by atoms with Crippen molar-refractivity contribution in [1.82, 2.24) is 15.1 Å². The van der Waals surface area contributed by atoms with Crippen molar-refractivity contribution in [3.05, 3.63) is 42.5 Å². The fraction of sp³-hybridized carbons (Fsp3) is 0.348. The lowest BCUT2D eigenvalue weighted by molar-refractivity contribution is -0.143. The first kappa shape index (κ1) is 21.8. The third-order valence-electron chi connectivity index (χ3n) is 5.72. The molecule has 178 valence electrons. The minimum absolute atomic E-state index is 0.0486. The molecule has 0 radical (unpaired) electrons. The topological polar surface area (TPSA) is 119 Å². The molecule has 11 nitrogen and oxygen atoms in total. The molecular formula is C23H24N4O7. The highest BCUT2D eigenvalue weighted by Crippen LogP contribution is 2.34. The van der Waals surface area contributed by atoms with Gasteiger partial charge in [-0.15, -0.1) is 0 Å². The first-order valence-electron chi connectivity index (χ1n) is 11.0. The molecule has 4 amide bonds. The van der Waals surface area contributed by atoms with E-state index in [1.54, 1.807) is 35.2 Å². The van der Waals surface area contributed by atoms with Crippen LogP contribution in [0.2, 0.25) is 0 Å². The summed E-state index contributed by atoms with van der Waals surface area (Å²) < 4.78 is 21.9. The minimum atomic E-state index is -0.690. The van der Waals surface area contributed by atoms with Gasteiger partial charge in [-0.05, 0) is 24.3 Å². The molecular weight excluding hydrogens is 444 g/mol. The third-order valence-corrected chi connectivity index (χ3v) is 5.72. The Kier molecular flexibility index (Phi) is 6.09. The smallest absolute Gasteiger partial charge is 0.325 e. The number of para-hydroxylation sites is 2. The number of imide groups is 1. The van der Waals surface area contributed by atoms with Crippen molar-refractivity contribution in [1.29, 1.82) is 0 Å². The van der Waals surface area contributed by atoms with Gasteiger partial charge in [0.05, 0.1) is 6.54 Å². The Balaban J connectivity index is 1.05. The number of benzene rings is 2. The average Bonchev–Trinajstić information content (AvgIpc) is 3.31. The maximum absolute atomic E-state index is 12.8. The zero-order chi connectivity index (χ0) is 23.5. The van der Waals surface area contributed by atoms with Crippen molar-refractivity contribution >= 4 is 23.5 Å². The summed E-state index contributed by atoms with van der Waals surface area (Å²) in [5, 5.41) is 4.92. The van der Waals surface area contributed by atoms with Crippen LogP contribution in [0.4, 0.5) is 10.5 Å². The monoisotopic (exact) mass is 468 g/mol. The van der Waals surface area contributed by atoms with E-state index in [4.69, 9.17) is 18.9 Å². The van der Waals surface area contributed by atoms with E-state index in [-0.39, 0.29) is 25.9 Å². The van der Waals surface area contributed by atoms with Crippen LogP contribution in [0, 0.1) is 0 Å². The highest BCUT2D eigenvalue weighted by Gasteiger charge is 2.33. The number of carbonyl (C=O) groups excluding carboxylic acids is 3. The number of nitrogens with zero attached hydrogens (tertiary/aromatic N) is 2. The quantitative estimate of drug-likeness (QED) is 0.684. The highest BCUT2D eigenvalue weighted by atomic mass is 16.7. The zero-order valence-electron chi connectivity index (χ0n) is 18.3. The number of amides is 4. The molecule has 0 bridgehead atoms. The fourth-order valence-corrected chi connectivity index (χ4v) is 3.98. The molecule has 2 N–H and O–H groups in total. The number of anilines is 1. The lowest BCUT2D eigenvalue weighted by atomic mass is 10.2. The minimum Gasteiger partial charge on any atom is -0.485 e. The van der Waals surface area contributed by atoms with Gasteiger partial charge in [0.2, 0.25) is 18.8 Å². The van der Waals surface area contributed by atoms with Gasteiger partial charge < -0.3 is 29.2 Å². The van der Waals surface area contributed by atoms with E-state index in [2.05, 4.69) is 10.6 Å². The molecule has 0 spiro atoms. The van der Waals surface area contributed by atoms with E-state index in [9.17, 15) is 14.4 Å². The SMILES string of the molecule is O=C(CN1CCN(C(=O)[C@H]2COc3ccccc3O2)CC1)NC(=O)Nc1ccc2c(c1)OCO2. The number of nitrogens with one attached hydrogen (secondary N) is 2. The summed E-state index contributed by atoms with van der Waals surface area (Å²) in [4.78, 5) is 40.9. The molecule has 0 aliphatic carbocycles. The van der Waals surface area contributed by atoms with E-state index < -0.39 is 18.0 Å². The van der Waals surface area contributed by atoms with Gasteiger partial charge in [-0.25, -0.2) is 4.79 Å².